The van der Waals surface area contributed by atoms with Crippen LogP contribution < -0.4 is 10.6 Å². The number of rotatable bonds is 5. The van der Waals surface area contributed by atoms with Gasteiger partial charge in [-0.1, -0.05) is 127 Å². The van der Waals surface area contributed by atoms with Gasteiger partial charge in [-0.2, -0.15) is 0 Å². The quantitative estimate of drug-likeness (QED) is 0.184. The van der Waals surface area contributed by atoms with Gasteiger partial charge in [0.05, 0.1) is 11.0 Å². The maximum atomic E-state index is 6.57. The van der Waals surface area contributed by atoms with E-state index in [-0.39, 0.29) is 12.3 Å². The van der Waals surface area contributed by atoms with Crippen molar-refractivity contribution < 1.29 is 4.42 Å². The molecule has 3 aromatic heterocycles. The molecule has 7 aromatic carbocycles. The van der Waals surface area contributed by atoms with Gasteiger partial charge in [0.1, 0.15) is 29.3 Å². The fourth-order valence-electron chi connectivity index (χ4n) is 9.07. The molecule has 2 aliphatic rings. The Hall–Kier alpha value is -6.73. The van der Waals surface area contributed by atoms with Gasteiger partial charge in [0.15, 0.2) is 0 Å². The highest BCUT2D eigenvalue weighted by Crippen LogP contribution is 2.45. The SMILES string of the molecule is C1=CC(C2N=C(c3ccccc3)NC(c3ccc4c(c3)sc3c(-c5cccc6oc7ccc(-n8c9ccccc9c9ccccc98)cc7c56)cccc34)N2)=CCC1. The number of hydrogen-bond acceptors (Lipinski definition) is 5. The van der Waals surface area contributed by atoms with E-state index in [1.54, 1.807) is 0 Å². The summed E-state index contributed by atoms with van der Waals surface area (Å²) in [6.45, 7) is 0. The summed E-state index contributed by atoms with van der Waals surface area (Å²) in [5.74, 6) is 0.907. The van der Waals surface area contributed by atoms with Crippen molar-refractivity contribution >= 4 is 81.1 Å². The number of furan rings is 1. The van der Waals surface area contributed by atoms with Crippen molar-refractivity contribution in [2.75, 3.05) is 0 Å². The Balaban J connectivity index is 0.982. The molecule has 57 heavy (non-hydrogen) atoms. The number of allylic oxidation sites excluding steroid dienone is 2. The maximum absolute atomic E-state index is 6.57. The zero-order chi connectivity index (χ0) is 37.5. The van der Waals surface area contributed by atoms with Crippen LogP contribution in [0.25, 0.3) is 80.7 Å². The molecule has 5 nitrogen and oxygen atoms in total. The van der Waals surface area contributed by atoms with E-state index >= 15 is 0 Å². The van der Waals surface area contributed by atoms with Crippen LogP contribution in [0, 0.1) is 0 Å². The average Bonchev–Trinajstić information content (AvgIpc) is 3.96. The molecule has 6 heteroatoms. The van der Waals surface area contributed by atoms with E-state index in [0.29, 0.717) is 0 Å². The summed E-state index contributed by atoms with van der Waals surface area (Å²) in [5, 5.41) is 14.8. The van der Waals surface area contributed by atoms with Crippen LogP contribution in [0.3, 0.4) is 0 Å². The van der Waals surface area contributed by atoms with Gasteiger partial charge in [-0.3, -0.25) is 5.32 Å². The number of nitrogens with zero attached hydrogens (tertiary/aromatic N) is 2. The Morgan fingerprint density at radius 1 is 0.632 bits per heavy atom. The number of aliphatic imine (C=N–C) groups is 1. The van der Waals surface area contributed by atoms with Gasteiger partial charge in [0.25, 0.3) is 0 Å². The van der Waals surface area contributed by atoms with Gasteiger partial charge in [0, 0.05) is 58.5 Å². The molecule has 4 heterocycles. The first kappa shape index (κ1) is 32.5. The van der Waals surface area contributed by atoms with Crippen LogP contribution in [0.4, 0.5) is 0 Å². The second-order valence-corrected chi connectivity index (χ2v) is 16.1. The minimum atomic E-state index is -0.131. The molecule has 1 aliphatic heterocycles. The first-order valence-electron chi connectivity index (χ1n) is 19.7. The van der Waals surface area contributed by atoms with Gasteiger partial charge in [0.2, 0.25) is 0 Å². The van der Waals surface area contributed by atoms with Crippen molar-refractivity contribution in [2.45, 2.75) is 25.2 Å². The number of fused-ring (bicyclic) bond motifs is 9. The summed E-state index contributed by atoms with van der Waals surface area (Å²) >= 11 is 1.86. The molecule has 0 radical (unpaired) electrons. The van der Waals surface area contributed by atoms with Crippen molar-refractivity contribution in [3.63, 3.8) is 0 Å². The van der Waals surface area contributed by atoms with Gasteiger partial charge in [-0.25, -0.2) is 4.99 Å². The highest BCUT2D eigenvalue weighted by Gasteiger charge is 2.27. The minimum absolute atomic E-state index is 0.109. The van der Waals surface area contributed by atoms with Crippen LogP contribution in [0.2, 0.25) is 0 Å². The summed E-state index contributed by atoms with van der Waals surface area (Å²) in [5.41, 5.74) is 11.2. The lowest BCUT2D eigenvalue weighted by Crippen LogP contribution is -2.49. The first-order valence-corrected chi connectivity index (χ1v) is 20.5. The summed E-state index contributed by atoms with van der Waals surface area (Å²) in [6, 6.07) is 54.6. The van der Waals surface area contributed by atoms with E-state index in [2.05, 4.69) is 185 Å². The fourth-order valence-corrected chi connectivity index (χ4v) is 10.3. The van der Waals surface area contributed by atoms with Crippen molar-refractivity contribution in [1.82, 2.24) is 15.2 Å². The average molecular weight is 753 g/mol. The molecule has 0 amide bonds. The highest BCUT2D eigenvalue weighted by molar-refractivity contribution is 7.26. The van der Waals surface area contributed by atoms with Crippen molar-refractivity contribution in [2.24, 2.45) is 4.99 Å². The molecule has 12 rings (SSSR count). The molecule has 0 fully saturated rings. The van der Waals surface area contributed by atoms with Crippen LogP contribution in [-0.4, -0.2) is 16.6 Å². The lowest BCUT2D eigenvalue weighted by Gasteiger charge is -2.33. The predicted octanol–water partition coefficient (Wildman–Crippen LogP) is 13.0. The number of thiophene rings is 1. The second-order valence-electron chi connectivity index (χ2n) is 15.0. The molecule has 10 aromatic rings. The van der Waals surface area contributed by atoms with Crippen LogP contribution in [-0.2, 0) is 0 Å². The van der Waals surface area contributed by atoms with Gasteiger partial charge < -0.3 is 14.3 Å². The van der Waals surface area contributed by atoms with Gasteiger partial charge in [-0.05, 0) is 72.0 Å². The van der Waals surface area contributed by atoms with Crippen LogP contribution >= 0.6 is 11.3 Å². The zero-order valence-corrected chi connectivity index (χ0v) is 31.8. The normalized spacial score (nSPS) is 17.2. The van der Waals surface area contributed by atoms with E-state index in [4.69, 9.17) is 9.41 Å². The summed E-state index contributed by atoms with van der Waals surface area (Å²) in [6.07, 6.45) is 8.67. The third-order valence-corrected chi connectivity index (χ3v) is 12.9. The van der Waals surface area contributed by atoms with Crippen LogP contribution in [0.5, 0.6) is 0 Å². The third kappa shape index (κ3) is 5.22. The molecule has 2 atom stereocenters. The van der Waals surface area contributed by atoms with Crippen LogP contribution in [0.15, 0.2) is 185 Å². The van der Waals surface area contributed by atoms with E-state index in [0.717, 1.165) is 51.9 Å². The molecule has 0 saturated carbocycles. The monoisotopic (exact) mass is 752 g/mol. The van der Waals surface area contributed by atoms with Crippen LogP contribution in [0.1, 0.15) is 30.1 Å². The molecule has 0 saturated heterocycles. The molecular weight excluding hydrogens is 717 g/mol. The van der Waals surface area contributed by atoms with E-state index in [1.165, 1.54) is 64.2 Å². The molecule has 272 valence electrons. The van der Waals surface area contributed by atoms with Crippen molar-refractivity contribution in [1.29, 1.82) is 0 Å². The molecule has 2 unspecified atom stereocenters. The first-order chi connectivity index (χ1) is 28.2. The minimum Gasteiger partial charge on any atom is -0.456 e. The highest BCUT2D eigenvalue weighted by atomic mass is 32.1. The molecule has 0 bridgehead atoms. The van der Waals surface area contributed by atoms with E-state index in [9.17, 15) is 0 Å². The number of benzene rings is 7. The smallest absolute Gasteiger partial charge is 0.136 e. The third-order valence-electron chi connectivity index (χ3n) is 11.7. The van der Waals surface area contributed by atoms with E-state index in [1.807, 2.05) is 11.3 Å². The topological polar surface area (TPSA) is 54.5 Å². The molecule has 0 spiro atoms. The molecular formula is C51H36N4OS. The Labute approximate surface area is 332 Å². The van der Waals surface area contributed by atoms with Gasteiger partial charge in [-0.15, -0.1) is 11.3 Å². The lowest BCUT2D eigenvalue weighted by atomic mass is 9.97. The van der Waals surface area contributed by atoms with Crippen molar-refractivity contribution in [3.05, 3.63) is 187 Å². The standard InChI is InChI=1S/C51H36N4OS/c1-3-13-31(14-4-1)49-52-50(32-15-5-2-6-16-32)54-51(53-49)33-25-27-37-39-20-11-21-40(48(39)57-46(37)29-33)38-19-12-24-45-47(38)41-30-34(26-28-44(41)56-45)55-42-22-9-7-17-35(42)36-18-8-10-23-43(36)55/h1,3-5,7-30,50-51,54H,2,6H2,(H,52,53). The molecule has 2 N–H and O–H groups in total. The largest absolute Gasteiger partial charge is 0.456 e. The predicted molar refractivity (Wildman–Crippen MR) is 239 cm³/mol. The summed E-state index contributed by atoms with van der Waals surface area (Å²) < 4.78 is 11.5. The maximum Gasteiger partial charge on any atom is 0.136 e. The Morgan fingerprint density at radius 3 is 2.23 bits per heavy atom. The summed E-state index contributed by atoms with van der Waals surface area (Å²) in [7, 11) is 0. The zero-order valence-electron chi connectivity index (χ0n) is 30.9. The second kappa shape index (κ2) is 12.9. The number of amidine groups is 1. The van der Waals surface area contributed by atoms with Gasteiger partial charge >= 0.3 is 0 Å². The lowest BCUT2D eigenvalue weighted by molar-refractivity contribution is 0.434. The Bertz CT molecular complexity index is 3270. The number of nitrogens with one attached hydrogen (secondary N) is 2. The fraction of sp³-hybridized carbons (Fsp3) is 0.0784. The molecule has 1 aliphatic carbocycles. The summed E-state index contributed by atoms with van der Waals surface area (Å²) in [4.78, 5) is 5.15. The van der Waals surface area contributed by atoms with E-state index < -0.39 is 0 Å². The number of para-hydroxylation sites is 2. The Morgan fingerprint density at radius 2 is 1.40 bits per heavy atom. The van der Waals surface area contributed by atoms with Crippen molar-refractivity contribution in [3.8, 4) is 16.8 Å². The number of aromatic nitrogens is 1. The number of hydrogen-bond donors (Lipinski definition) is 2. The Kier molecular flexibility index (Phi) is 7.37.